The first-order valence-electron chi connectivity index (χ1n) is 12.1. The van der Waals surface area contributed by atoms with Crippen molar-refractivity contribution in [1.82, 2.24) is 19.9 Å². The first-order chi connectivity index (χ1) is 17.4. The van der Waals surface area contributed by atoms with Crippen LogP contribution in [0.4, 0.5) is 13.2 Å². The topological polar surface area (TPSA) is 62.5 Å². The average Bonchev–Trinajstić information content (AvgIpc) is 3.40. The van der Waals surface area contributed by atoms with E-state index in [1.807, 2.05) is 29.2 Å². The Morgan fingerprint density at radius 1 is 1.00 bits per heavy atom. The number of hydrogen-bond donors (Lipinski definition) is 0. The number of alkyl halides is 3. The molecule has 0 spiro atoms. The number of piperazine rings is 1. The zero-order valence-corrected chi connectivity index (χ0v) is 19.7. The van der Waals surface area contributed by atoms with Crippen molar-refractivity contribution in [3.05, 3.63) is 71.8 Å². The zero-order valence-electron chi connectivity index (χ0n) is 19.7. The predicted octanol–water partition coefficient (Wildman–Crippen LogP) is 5.42. The van der Waals surface area contributed by atoms with Gasteiger partial charge in [-0.1, -0.05) is 47.6 Å². The van der Waals surface area contributed by atoms with Crippen LogP contribution in [0.25, 0.3) is 22.8 Å². The molecule has 5 rings (SSSR count). The van der Waals surface area contributed by atoms with E-state index < -0.39 is 11.7 Å². The lowest BCUT2D eigenvalue weighted by Crippen LogP contribution is -2.50. The third kappa shape index (κ3) is 5.51. The van der Waals surface area contributed by atoms with E-state index in [2.05, 4.69) is 27.2 Å². The van der Waals surface area contributed by atoms with Crippen molar-refractivity contribution in [1.29, 1.82) is 0 Å². The lowest BCUT2D eigenvalue weighted by atomic mass is 9.93. The Labute approximate surface area is 207 Å². The van der Waals surface area contributed by atoms with Crippen LogP contribution in [-0.4, -0.2) is 52.0 Å². The van der Waals surface area contributed by atoms with Gasteiger partial charge in [0.2, 0.25) is 11.7 Å². The molecule has 2 heterocycles. The van der Waals surface area contributed by atoms with Crippen LogP contribution in [0.3, 0.4) is 0 Å². The minimum Gasteiger partial charge on any atom is -0.340 e. The first kappa shape index (κ1) is 24.2. The van der Waals surface area contributed by atoms with E-state index in [9.17, 15) is 18.0 Å². The molecule has 1 fully saturated rings. The van der Waals surface area contributed by atoms with Crippen molar-refractivity contribution in [3.63, 3.8) is 0 Å². The van der Waals surface area contributed by atoms with Crippen LogP contribution >= 0.6 is 0 Å². The molecule has 6 nitrogen and oxygen atoms in total. The second-order valence-electron chi connectivity index (χ2n) is 9.28. The monoisotopic (exact) mass is 496 g/mol. The number of amides is 1. The summed E-state index contributed by atoms with van der Waals surface area (Å²) in [5, 5.41) is 3.94. The maximum absolute atomic E-state index is 13.0. The Morgan fingerprint density at radius 3 is 2.47 bits per heavy atom. The number of benzene rings is 2. The van der Waals surface area contributed by atoms with E-state index in [-0.39, 0.29) is 23.3 Å². The summed E-state index contributed by atoms with van der Waals surface area (Å²) < 4.78 is 44.2. The molecule has 1 aliphatic carbocycles. The quantitative estimate of drug-likeness (QED) is 0.441. The largest absolute Gasteiger partial charge is 0.416 e. The summed E-state index contributed by atoms with van der Waals surface area (Å²) in [4.78, 5) is 21.4. The van der Waals surface area contributed by atoms with E-state index in [4.69, 9.17) is 4.52 Å². The Hall–Kier alpha value is -3.46. The second-order valence-corrected chi connectivity index (χ2v) is 9.28. The minimum atomic E-state index is -4.44. The lowest BCUT2D eigenvalue weighted by molar-refractivity contribution is -0.138. The molecule has 0 N–H and O–H groups in total. The number of hydrogen-bond acceptors (Lipinski definition) is 5. The summed E-state index contributed by atoms with van der Waals surface area (Å²) in [6, 6.07) is 12.6. The van der Waals surface area contributed by atoms with Crippen molar-refractivity contribution in [2.45, 2.75) is 32.0 Å². The number of nitrogens with zero attached hydrogens (tertiary/aromatic N) is 4. The molecule has 1 saturated heterocycles. The van der Waals surface area contributed by atoms with E-state index in [0.717, 1.165) is 75.2 Å². The summed E-state index contributed by atoms with van der Waals surface area (Å²) in [5.41, 5.74) is 1.30. The fourth-order valence-electron chi connectivity index (χ4n) is 4.71. The molecule has 1 aliphatic heterocycles. The first-order valence-corrected chi connectivity index (χ1v) is 12.1. The molecule has 188 valence electrons. The third-order valence-electron chi connectivity index (χ3n) is 6.78. The molecule has 1 unspecified atom stereocenters. The summed E-state index contributed by atoms with van der Waals surface area (Å²) in [5.74, 6) is 0.775. The van der Waals surface area contributed by atoms with Gasteiger partial charge in [0.15, 0.2) is 0 Å². The van der Waals surface area contributed by atoms with Crippen LogP contribution < -0.4 is 0 Å². The van der Waals surface area contributed by atoms with Gasteiger partial charge < -0.3 is 9.42 Å². The number of allylic oxidation sites excluding steroid dienone is 2. The van der Waals surface area contributed by atoms with E-state index in [0.29, 0.717) is 5.82 Å². The molecular formula is C27H27F3N4O2. The molecule has 9 heteroatoms. The van der Waals surface area contributed by atoms with Crippen LogP contribution in [-0.2, 0) is 17.5 Å². The van der Waals surface area contributed by atoms with Crippen molar-refractivity contribution in [2.24, 2.45) is 5.92 Å². The minimum absolute atomic E-state index is 0.0387. The van der Waals surface area contributed by atoms with Crippen LogP contribution in [0.1, 0.15) is 30.4 Å². The van der Waals surface area contributed by atoms with Crippen molar-refractivity contribution in [2.75, 3.05) is 26.2 Å². The van der Waals surface area contributed by atoms with Crippen LogP contribution in [0.2, 0.25) is 0 Å². The zero-order chi connectivity index (χ0) is 25.1. The lowest BCUT2D eigenvalue weighted by Gasteiger charge is -2.36. The van der Waals surface area contributed by atoms with Gasteiger partial charge >= 0.3 is 6.18 Å². The van der Waals surface area contributed by atoms with Gasteiger partial charge in [0.05, 0.1) is 5.56 Å². The van der Waals surface area contributed by atoms with Gasteiger partial charge in [-0.05, 0) is 43.0 Å². The van der Waals surface area contributed by atoms with Crippen molar-refractivity contribution < 1.29 is 22.5 Å². The highest BCUT2D eigenvalue weighted by molar-refractivity contribution is 5.79. The van der Waals surface area contributed by atoms with Gasteiger partial charge in [-0.15, -0.1) is 0 Å². The summed E-state index contributed by atoms with van der Waals surface area (Å²) >= 11 is 0. The van der Waals surface area contributed by atoms with Gasteiger partial charge in [0.25, 0.3) is 5.89 Å². The summed E-state index contributed by atoms with van der Waals surface area (Å²) in [7, 11) is 0. The summed E-state index contributed by atoms with van der Waals surface area (Å²) in [6.45, 7) is 3.94. The Morgan fingerprint density at radius 2 is 1.78 bits per heavy atom. The van der Waals surface area contributed by atoms with Gasteiger partial charge in [0, 0.05) is 49.8 Å². The molecular weight excluding hydrogens is 469 g/mol. The molecule has 0 bridgehead atoms. The molecule has 0 saturated carbocycles. The number of carbonyl (C=O) groups is 1. The van der Waals surface area contributed by atoms with Crippen LogP contribution in [0.5, 0.6) is 0 Å². The molecule has 2 aromatic carbocycles. The van der Waals surface area contributed by atoms with E-state index in [1.165, 1.54) is 12.1 Å². The van der Waals surface area contributed by atoms with E-state index >= 15 is 0 Å². The molecule has 1 atom stereocenters. The van der Waals surface area contributed by atoms with Gasteiger partial charge in [0.1, 0.15) is 0 Å². The maximum atomic E-state index is 13.0. The number of aromatic nitrogens is 2. The highest BCUT2D eigenvalue weighted by Crippen LogP contribution is 2.32. The predicted molar refractivity (Wildman–Crippen MR) is 129 cm³/mol. The fraction of sp³-hybridized carbons (Fsp3) is 0.370. The molecule has 0 radical (unpaired) electrons. The smallest absolute Gasteiger partial charge is 0.340 e. The molecule has 1 aromatic heterocycles. The Bertz CT molecular complexity index is 1230. The van der Waals surface area contributed by atoms with Gasteiger partial charge in [-0.3, -0.25) is 9.69 Å². The van der Waals surface area contributed by atoms with Crippen molar-refractivity contribution >= 4 is 5.91 Å². The Kier molecular flexibility index (Phi) is 6.91. The van der Waals surface area contributed by atoms with Crippen LogP contribution in [0, 0.1) is 5.92 Å². The standard InChI is InChI=1S/C27H27F3N4O2/c28-27(29,30)23-8-4-7-22(17-23)25-31-24(32-36-25)20-11-9-19(10-12-20)18-33-13-15-34(16-14-33)26(35)21-5-2-1-3-6-21/h1-2,4,7-12,17,21H,3,5-6,13-16,18H2. The number of carbonyl (C=O) groups excluding carboxylic acids is 1. The fourth-order valence-corrected chi connectivity index (χ4v) is 4.71. The summed E-state index contributed by atoms with van der Waals surface area (Å²) in [6.07, 6.45) is 2.62. The molecule has 36 heavy (non-hydrogen) atoms. The van der Waals surface area contributed by atoms with Crippen molar-refractivity contribution in [3.8, 4) is 22.8 Å². The SMILES string of the molecule is O=C(C1CC=CCC1)N1CCN(Cc2ccc(-c3noc(-c4cccc(C(F)(F)F)c4)n3)cc2)CC1. The second kappa shape index (κ2) is 10.3. The van der Waals surface area contributed by atoms with Gasteiger partial charge in [-0.25, -0.2) is 0 Å². The van der Waals surface area contributed by atoms with Crippen LogP contribution in [0.15, 0.2) is 65.2 Å². The Balaban J connectivity index is 1.17. The highest BCUT2D eigenvalue weighted by Gasteiger charge is 2.31. The maximum Gasteiger partial charge on any atom is 0.416 e. The van der Waals surface area contributed by atoms with E-state index in [1.54, 1.807) is 0 Å². The number of halogens is 3. The highest BCUT2D eigenvalue weighted by atomic mass is 19.4. The van der Waals surface area contributed by atoms with Gasteiger partial charge in [-0.2, -0.15) is 18.2 Å². The third-order valence-corrected chi connectivity index (χ3v) is 6.78. The molecule has 1 amide bonds. The molecule has 3 aromatic rings. The number of rotatable bonds is 5. The normalized spacial score (nSPS) is 19.0. The average molecular weight is 497 g/mol. The molecule has 2 aliphatic rings.